The fourth-order valence-electron chi connectivity index (χ4n) is 7.15. The SMILES string of the molecule is BB(B)B(B)B(B(B)B)B1CC1COc1cc(CC)cc(OCC2CB2B(B(B)B)B(B)B(B)B)c1. The monoisotopic (exact) mass is 458 g/mol. The molecule has 0 aliphatic carbocycles. The van der Waals surface area contributed by atoms with E-state index in [4.69, 9.17) is 9.47 Å². The zero-order chi connectivity index (χ0) is 26.7. The summed E-state index contributed by atoms with van der Waals surface area (Å²) in [6.07, 6.45) is 9.79. The van der Waals surface area contributed by atoms with E-state index >= 15 is 0 Å². The van der Waals surface area contributed by atoms with Crippen molar-refractivity contribution in [1.82, 2.24) is 0 Å². The first-order chi connectivity index (χ1) is 16.9. The summed E-state index contributed by atoms with van der Waals surface area (Å²) in [6, 6.07) is 6.58. The summed E-state index contributed by atoms with van der Waals surface area (Å²) in [5.41, 5.74) is 1.31. The second-order valence-electron chi connectivity index (χ2n) is 14.0. The van der Waals surface area contributed by atoms with Gasteiger partial charge in [-0.05, 0) is 35.8 Å². The molecule has 2 atom stereocenters. The van der Waals surface area contributed by atoms with E-state index in [9.17, 15) is 0 Å². The fourth-order valence-corrected chi connectivity index (χ4v) is 7.15. The normalized spacial score (nSPS) is 17.6. The van der Waals surface area contributed by atoms with Gasteiger partial charge in [0.25, 0.3) is 0 Å². The van der Waals surface area contributed by atoms with Crippen molar-refractivity contribution in [2.75, 3.05) is 13.2 Å². The highest BCUT2D eigenvalue weighted by atomic mass is 16.5. The van der Waals surface area contributed by atoms with E-state index in [-0.39, 0.29) is 0 Å². The maximum absolute atomic E-state index is 6.40. The van der Waals surface area contributed by atoms with Crippen LogP contribution in [0.4, 0.5) is 0 Å². The lowest BCUT2D eigenvalue weighted by molar-refractivity contribution is 0.309. The molecule has 2 heterocycles. The van der Waals surface area contributed by atoms with E-state index < -0.39 is 0 Å². The highest BCUT2D eigenvalue weighted by Gasteiger charge is 2.51. The predicted molar refractivity (Wildman–Crippen MR) is 207 cm³/mol. The Bertz CT molecular complexity index is 780. The van der Waals surface area contributed by atoms with Gasteiger partial charge in [0.1, 0.15) is 11.5 Å². The molecule has 1 aromatic rings. The van der Waals surface area contributed by atoms with E-state index in [0.29, 0.717) is 11.6 Å². The molecule has 166 valence electrons. The molecule has 2 aliphatic heterocycles. The van der Waals surface area contributed by atoms with Crippen LogP contribution in [0.3, 0.4) is 0 Å². The Kier molecular flexibility index (Phi) is 11.5. The topological polar surface area (TPSA) is 18.5 Å². The Balaban J connectivity index is 1.55. The van der Waals surface area contributed by atoms with Gasteiger partial charge >= 0.3 is 0 Å². The zero-order valence-corrected chi connectivity index (χ0v) is 25.5. The van der Waals surface area contributed by atoms with Crippen molar-refractivity contribution in [3.63, 3.8) is 0 Å². The summed E-state index contributed by atoms with van der Waals surface area (Å²) in [6.45, 7) is 5.55. The Morgan fingerprint density at radius 1 is 0.667 bits per heavy atom. The lowest BCUT2D eigenvalue weighted by atomic mass is 8.57. The first-order valence-corrected chi connectivity index (χ1v) is 15.3. The van der Waals surface area contributed by atoms with Crippen LogP contribution in [0.5, 0.6) is 11.5 Å². The van der Waals surface area contributed by atoms with Crippen molar-refractivity contribution in [1.29, 1.82) is 0 Å². The van der Waals surface area contributed by atoms with Gasteiger partial charge in [-0.3, -0.25) is 0 Å². The largest absolute Gasteiger partial charge is 0.494 e. The molecule has 2 saturated heterocycles. The third-order valence-electron chi connectivity index (χ3n) is 10.1. The van der Waals surface area contributed by atoms with Gasteiger partial charge in [0.2, 0.25) is 0 Å². The van der Waals surface area contributed by atoms with E-state index in [2.05, 4.69) is 102 Å². The minimum Gasteiger partial charge on any atom is -0.494 e. The highest BCUT2D eigenvalue weighted by molar-refractivity contribution is 8.01. The molecular formula is C14H38B20O2. The van der Waals surface area contributed by atoms with E-state index in [1.54, 1.807) is 0 Å². The van der Waals surface area contributed by atoms with Crippen LogP contribution in [0.25, 0.3) is 0 Å². The Labute approximate surface area is 236 Å². The minimum absolute atomic E-state index is 0.705. The molecule has 2 unspecified atom stereocenters. The molecule has 36 heavy (non-hydrogen) atoms. The molecule has 0 spiro atoms. The average molecular weight is 455 g/mol. The molecule has 0 aromatic heterocycles. The van der Waals surface area contributed by atoms with Gasteiger partial charge in [0, 0.05) is 57.1 Å². The van der Waals surface area contributed by atoms with Gasteiger partial charge in [-0.1, -0.05) is 19.6 Å². The van der Waals surface area contributed by atoms with Crippen molar-refractivity contribution >= 4 is 142 Å². The van der Waals surface area contributed by atoms with Crippen LogP contribution in [0, 0.1) is 0 Å². The van der Waals surface area contributed by atoms with Gasteiger partial charge in [-0.25, -0.2) is 0 Å². The smallest absolute Gasteiger partial charge is 0.123 e. The first-order valence-electron chi connectivity index (χ1n) is 15.3. The lowest BCUT2D eigenvalue weighted by Gasteiger charge is -2.24. The Hall–Kier alpha value is 0.119. The molecule has 0 bridgehead atoms. The number of aryl methyl sites for hydroxylation is 1. The van der Waals surface area contributed by atoms with Crippen LogP contribution in [0.2, 0.25) is 24.3 Å². The molecule has 0 amide bonds. The molecule has 0 saturated carbocycles. The second-order valence-corrected chi connectivity index (χ2v) is 14.0. The first kappa shape index (κ1) is 30.7. The molecule has 0 N–H and O–H groups in total. The number of benzene rings is 1. The van der Waals surface area contributed by atoms with Gasteiger partial charge in [-0.2, -0.15) is 0 Å². The third kappa shape index (κ3) is 8.07. The van der Waals surface area contributed by atoms with Crippen molar-refractivity contribution in [2.45, 2.75) is 37.6 Å². The number of hydrogen-bond donors (Lipinski definition) is 0. The van der Waals surface area contributed by atoms with Crippen molar-refractivity contribution in [3.8, 4) is 11.5 Å². The number of ether oxygens (including phenoxy) is 2. The van der Waals surface area contributed by atoms with Crippen LogP contribution in [0.15, 0.2) is 18.2 Å². The van der Waals surface area contributed by atoms with Gasteiger partial charge in [0.15, 0.2) is 0 Å². The van der Waals surface area contributed by atoms with Crippen LogP contribution >= 0.6 is 0 Å². The number of rotatable bonds is 15. The lowest BCUT2D eigenvalue weighted by Crippen LogP contribution is -2.63. The number of hydrogen-bond acceptors (Lipinski definition) is 2. The molecule has 0 radical (unpaired) electrons. The fraction of sp³-hybridized carbons (Fsp3) is 0.571. The second kappa shape index (κ2) is 13.5. The van der Waals surface area contributed by atoms with Gasteiger partial charge in [-0.15, -0.1) is 0 Å². The van der Waals surface area contributed by atoms with Gasteiger partial charge < -0.3 is 9.47 Å². The molecule has 3 rings (SSSR count). The molecule has 2 fully saturated rings. The zero-order valence-electron chi connectivity index (χ0n) is 25.5. The van der Waals surface area contributed by atoms with Crippen molar-refractivity contribution < 1.29 is 9.47 Å². The summed E-state index contributed by atoms with van der Waals surface area (Å²) >= 11 is 0. The van der Waals surface area contributed by atoms with Gasteiger partial charge in [0.05, 0.1) is 104 Å². The summed E-state index contributed by atoms with van der Waals surface area (Å²) in [5.74, 6) is 3.40. The van der Waals surface area contributed by atoms with Crippen LogP contribution in [-0.2, 0) is 6.42 Å². The minimum atomic E-state index is 0.705. The highest BCUT2D eigenvalue weighted by Crippen LogP contribution is 2.41. The Morgan fingerprint density at radius 3 is 1.36 bits per heavy atom. The quantitative estimate of drug-likeness (QED) is 0.245. The van der Waals surface area contributed by atoms with E-state index in [1.807, 2.05) is 0 Å². The van der Waals surface area contributed by atoms with Crippen LogP contribution < -0.4 is 9.47 Å². The molecular weight excluding hydrogens is 416 g/mol. The summed E-state index contributed by atoms with van der Waals surface area (Å²) in [4.78, 5) is 0. The van der Waals surface area contributed by atoms with Crippen molar-refractivity contribution in [3.05, 3.63) is 23.8 Å². The summed E-state index contributed by atoms with van der Waals surface area (Å²) in [5, 5.41) is 0. The van der Waals surface area contributed by atoms with Crippen molar-refractivity contribution in [2.24, 2.45) is 0 Å². The molecule has 2 nitrogen and oxygen atoms in total. The maximum atomic E-state index is 6.40. The molecule has 22 heteroatoms. The van der Waals surface area contributed by atoms with Crippen LogP contribution in [0.1, 0.15) is 12.5 Å². The average Bonchev–Trinajstić information content (AvgIpc) is 3.73. The Morgan fingerprint density at radius 2 is 1.06 bits per heavy atom. The maximum Gasteiger partial charge on any atom is 0.123 e. The molecule has 1 aromatic carbocycles. The predicted octanol–water partition coefficient (Wildman–Crippen LogP) is -9.35. The van der Waals surface area contributed by atoms with E-state index in [1.165, 1.54) is 18.2 Å². The summed E-state index contributed by atoms with van der Waals surface area (Å²) < 4.78 is 12.8. The summed E-state index contributed by atoms with van der Waals surface area (Å²) in [7, 11) is 24.1. The van der Waals surface area contributed by atoms with Crippen LogP contribution in [-0.4, -0.2) is 155 Å². The standard InChI is InChI=1S/C14H38B20O2/c1-2-10-3-13(35-8-11-6-25(11)33(29(19)20)31(23)27(15)16)5-14(4-10)36-9-12-7-26(12)34(30(21)22)32(24)28(17)18/h3-5,11-12H,2,6-9,15-24H2,1H3. The molecule has 2 aliphatic rings. The van der Waals surface area contributed by atoms with E-state index in [0.717, 1.165) is 95.4 Å². The third-order valence-corrected chi connectivity index (χ3v) is 10.1.